The van der Waals surface area contributed by atoms with Gasteiger partial charge in [-0.15, -0.1) is 0 Å². The second-order valence-electron chi connectivity index (χ2n) is 6.01. The predicted octanol–water partition coefficient (Wildman–Crippen LogP) is 4.78. The number of pyridine rings is 1. The highest BCUT2D eigenvalue weighted by Crippen LogP contribution is 2.34. The highest BCUT2D eigenvalue weighted by Gasteiger charge is 2.35. The summed E-state index contributed by atoms with van der Waals surface area (Å²) >= 11 is 0. The molecule has 0 fully saturated rings. The third-order valence-electron chi connectivity index (χ3n) is 4.09. The zero-order valence-electron chi connectivity index (χ0n) is 15.5. The van der Waals surface area contributed by atoms with Crippen molar-refractivity contribution in [1.29, 1.82) is 5.26 Å². The van der Waals surface area contributed by atoms with E-state index in [1.165, 1.54) is 24.3 Å². The smallest absolute Gasteiger partial charge is 0.433 e. The zero-order chi connectivity index (χ0) is 21.2. The molecule has 0 saturated heterocycles. The van der Waals surface area contributed by atoms with E-state index in [1.807, 2.05) is 6.07 Å². The molecule has 150 valence electrons. The summed E-state index contributed by atoms with van der Waals surface area (Å²) in [4.78, 5) is 15.6. The maximum Gasteiger partial charge on any atom is 0.433 e. The van der Waals surface area contributed by atoms with E-state index in [-0.39, 0.29) is 45.8 Å². The topological polar surface area (TPSA) is 85.3 Å². The summed E-state index contributed by atoms with van der Waals surface area (Å²) in [7, 11) is 0. The highest BCUT2D eigenvalue weighted by molar-refractivity contribution is 6.06. The number of hydrogen-bond acceptors (Lipinski definition) is 6. The third kappa shape index (κ3) is 4.01. The van der Waals surface area contributed by atoms with Gasteiger partial charge in [0.1, 0.15) is 29.7 Å². The molecule has 2 aromatic heterocycles. The van der Waals surface area contributed by atoms with Crippen molar-refractivity contribution in [1.82, 2.24) is 4.98 Å². The minimum absolute atomic E-state index is 0.0818. The SMILES string of the molecule is CCOC(=O)c1c(C)oc2c(C#N)cc(OCc3cccnc3C(F)(F)F)cc12. The van der Waals surface area contributed by atoms with Crippen LogP contribution in [0.15, 0.2) is 34.9 Å². The first-order valence-electron chi connectivity index (χ1n) is 8.54. The number of fused-ring (bicyclic) bond motifs is 1. The van der Waals surface area contributed by atoms with Crippen LogP contribution < -0.4 is 4.74 Å². The van der Waals surface area contributed by atoms with E-state index in [0.29, 0.717) is 0 Å². The van der Waals surface area contributed by atoms with E-state index in [1.54, 1.807) is 13.8 Å². The quantitative estimate of drug-likeness (QED) is 0.569. The molecule has 0 bridgehead atoms. The normalized spacial score (nSPS) is 11.3. The van der Waals surface area contributed by atoms with Crippen LogP contribution in [0.2, 0.25) is 0 Å². The van der Waals surface area contributed by atoms with E-state index in [2.05, 4.69) is 4.98 Å². The maximum absolute atomic E-state index is 13.1. The average Bonchev–Trinajstić information content (AvgIpc) is 3.01. The lowest BCUT2D eigenvalue weighted by atomic mass is 10.1. The molecule has 0 saturated carbocycles. The molecular weight excluding hydrogens is 389 g/mol. The fourth-order valence-corrected chi connectivity index (χ4v) is 2.89. The predicted molar refractivity (Wildman–Crippen MR) is 95.2 cm³/mol. The first-order valence-corrected chi connectivity index (χ1v) is 8.54. The molecule has 6 nitrogen and oxygen atoms in total. The number of aromatic nitrogens is 1. The van der Waals surface area contributed by atoms with Gasteiger partial charge in [-0.3, -0.25) is 4.98 Å². The molecule has 0 spiro atoms. The number of nitriles is 1. The van der Waals surface area contributed by atoms with Crippen LogP contribution in [0.3, 0.4) is 0 Å². The first-order chi connectivity index (χ1) is 13.8. The van der Waals surface area contributed by atoms with Crippen LogP contribution >= 0.6 is 0 Å². The van der Waals surface area contributed by atoms with Gasteiger partial charge in [-0.25, -0.2) is 4.79 Å². The monoisotopic (exact) mass is 404 g/mol. The Morgan fingerprint density at radius 1 is 1.34 bits per heavy atom. The lowest BCUT2D eigenvalue weighted by Gasteiger charge is -2.12. The molecule has 0 aliphatic rings. The molecule has 1 aromatic carbocycles. The van der Waals surface area contributed by atoms with Crippen molar-refractivity contribution in [2.24, 2.45) is 0 Å². The number of carbonyl (C=O) groups is 1. The maximum atomic E-state index is 13.1. The number of alkyl halides is 3. The second-order valence-corrected chi connectivity index (χ2v) is 6.01. The Bertz CT molecular complexity index is 1110. The molecule has 0 aliphatic carbocycles. The summed E-state index contributed by atoms with van der Waals surface area (Å²) in [5, 5.41) is 9.69. The molecule has 3 aromatic rings. The van der Waals surface area contributed by atoms with Gasteiger partial charge in [0.15, 0.2) is 11.3 Å². The van der Waals surface area contributed by atoms with Gasteiger partial charge in [-0.2, -0.15) is 18.4 Å². The van der Waals surface area contributed by atoms with Crippen molar-refractivity contribution < 1.29 is 31.9 Å². The van der Waals surface area contributed by atoms with E-state index in [0.717, 1.165) is 6.20 Å². The highest BCUT2D eigenvalue weighted by atomic mass is 19.4. The van der Waals surface area contributed by atoms with Gasteiger partial charge >= 0.3 is 12.1 Å². The van der Waals surface area contributed by atoms with Gasteiger partial charge in [0.2, 0.25) is 0 Å². The largest absolute Gasteiger partial charge is 0.489 e. The Morgan fingerprint density at radius 2 is 2.10 bits per heavy atom. The van der Waals surface area contributed by atoms with Crippen molar-refractivity contribution >= 4 is 16.9 Å². The van der Waals surface area contributed by atoms with Crippen molar-refractivity contribution in [2.45, 2.75) is 26.6 Å². The van der Waals surface area contributed by atoms with Crippen LogP contribution in [0, 0.1) is 18.3 Å². The average molecular weight is 404 g/mol. The van der Waals surface area contributed by atoms with Gasteiger partial charge in [0.05, 0.1) is 12.2 Å². The van der Waals surface area contributed by atoms with Crippen molar-refractivity contribution in [3.63, 3.8) is 0 Å². The molecule has 0 atom stereocenters. The van der Waals surface area contributed by atoms with Crippen LogP contribution in [0.25, 0.3) is 11.0 Å². The molecule has 0 unspecified atom stereocenters. The number of aryl methyl sites for hydroxylation is 1. The fourth-order valence-electron chi connectivity index (χ4n) is 2.89. The molecule has 29 heavy (non-hydrogen) atoms. The summed E-state index contributed by atoms with van der Waals surface area (Å²) in [5.41, 5.74) is -0.808. The minimum Gasteiger partial charge on any atom is -0.489 e. The lowest BCUT2D eigenvalue weighted by molar-refractivity contribution is -0.142. The number of esters is 1. The van der Waals surface area contributed by atoms with Crippen LogP contribution in [0.4, 0.5) is 13.2 Å². The number of hydrogen-bond donors (Lipinski definition) is 0. The van der Waals surface area contributed by atoms with E-state index >= 15 is 0 Å². The summed E-state index contributed by atoms with van der Waals surface area (Å²) < 4.78 is 55.3. The summed E-state index contributed by atoms with van der Waals surface area (Å²) in [6, 6.07) is 7.33. The molecule has 0 radical (unpaired) electrons. The Morgan fingerprint density at radius 3 is 2.76 bits per heavy atom. The fraction of sp³-hybridized carbons (Fsp3) is 0.250. The number of furan rings is 1. The summed E-state index contributed by atoms with van der Waals surface area (Å²) in [6.07, 6.45) is -3.58. The number of halogens is 3. The molecule has 3 rings (SSSR count). The number of rotatable bonds is 5. The van der Waals surface area contributed by atoms with Gasteiger partial charge in [-0.05, 0) is 26.0 Å². The van der Waals surface area contributed by atoms with Gasteiger partial charge < -0.3 is 13.9 Å². The van der Waals surface area contributed by atoms with Gasteiger partial charge in [-0.1, -0.05) is 6.07 Å². The van der Waals surface area contributed by atoms with E-state index < -0.39 is 24.4 Å². The van der Waals surface area contributed by atoms with Crippen LogP contribution in [-0.2, 0) is 17.5 Å². The Labute approximate surface area is 163 Å². The molecule has 0 aliphatic heterocycles. The molecule has 0 N–H and O–H groups in total. The van der Waals surface area contributed by atoms with Crippen LogP contribution in [0.5, 0.6) is 5.75 Å². The minimum atomic E-state index is -4.62. The Kier molecular flexibility index (Phi) is 5.46. The van der Waals surface area contributed by atoms with Gasteiger partial charge in [0, 0.05) is 23.2 Å². The number of benzene rings is 1. The van der Waals surface area contributed by atoms with Crippen molar-refractivity contribution in [3.05, 3.63) is 58.6 Å². The van der Waals surface area contributed by atoms with Crippen molar-refractivity contribution in [3.8, 4) is 11.8 Å². The number of ether oxygens (including phenoxy) is 2. The lowest BCUT2D eigenvalue weighted by Crippen LogP contribution is -2.13. The second kappa shape index (κ2) is 7.83. The Balaban J connectivity index is 2.00. The third-order valence-corrected chi connectivity index (χ3v) is 4.09. The first kappa shape index (κ1) is 20.2. The van der Waals surface area contributed by atoms with Crippen LogP contribution in [0.1, 0.15) is 39.9 Å². The standard InChI is InChI=1S/C20H15F3N2O4/c1-3-27-19(26)16-11(2)29-17-13(9-24)7-14(8-15(16)17)28-10-12-5-4-6-25-18(12)20(21,22)23/h4-8H,3,10H2,1-2H3. The zero-order valence-corrected chi connectivity index (χ0v) is 15.5. The van der Waals surface area contributed by atoms with Crippen molar-refractivity contribution in [2.75, 3.05) is 6.61 Å². The van der Waals surface area contributed by atoms with E-state index in [4.69, 9.17) is 13.9 Å². The summed E-state index contributed by atoms with van der Waals surface area (Å²) in [5.74, 6) is -0.257. The van der Waals surface area contributed by atoms with Gasteiger partial charge in [0.25, 0.3) is 0 Å². The van der Waals surface area contributed by atoms with E-state index in [9.17, 15) is 23.2 Å². The number of carbonyl (C=O) groups excluding carboxylic acids is 1. The molecular formula is C20H15F3N2O4. The molecule has 9 heteroatoms. The molecule has 2 heterocycles. The molecule has 0 amide bonds. The van der Waals surface area contributed by atoms with Crippen LogP contribution in [-0.4, -0.2) is 17.6 Å². The summed E-state index contributed by atoms with van der Waals surface area (Å²) in [6.45, 7) is 2.92. The Hall–Kier alpha value is -3.54. The number of nitrogens with zero attached hydrogens (tertiary/aromatic N) is 2.